The predicted octanol–water partition coefficient (Wildman–Crippen LogP) is -0.553. The lowest BCUT2D eigenvalue weighted by Gasteiger charge is -2.22. The maximum Gasteiger partial charge on any atom is 0.280 e. The third-order valence-corrected chi connectivity index (χ3v) is 5.41. The SMILES string of the molecule is CN1CCn2nc(N)cc2C1=O.CN1CCn2nc(S(=O)(=O)Cl)cc2C1=O. The average molecular weight is 416 g/mol. The van der Waals surface area contributed by atoms with Crippen molar-refractivity contribution in [2.75, 3.05) is 32.9 Å². The summed E-state index contributed by atoms with van der Waals surface area (Å²) in [6.07, 6.45) is 0. The molecule has 0 unspecified atom stereocenters. The van der Waals surface area contributed by atoms with E-state index >= 15 is 0 Å². The van der Waals surface area contributed by atoms with Gasteiger partial charge in [-0.15, -0.1) is 0 Å². The molecule has 0 aliphatic carbocycles. The molecule has 0 saturated heterocycles. The van der Waals surface area contributed by atoms with Gasteiger partial charge in [0, 0.05) is 50.0 Å². The van der Waals surface area contributed by atoms with Crippen LogP contribution in [0.4, 0.5) is 5.82 Å². The van der Waals surface area contributed by atoms with E-state index < -0.39 is 9.05 Å². The lowest BCUT2D eigenvalue weighted by molar-refractivity contribution is 0.0735. The van der Waals surface area contributed by atoms with Crippen molar-refractivity contribution in [2.24, 2.45) is 0 Å². The minimum atomic E-state index is -3.87. The number of fused-ring (bicyclic) bond motifs is 2. The van der Waals surface area contributed by atoms with Gasteiger partial charge in [0.2, 0.25) is 0 Å². The second-order valence-corrected chi connectivity index (χ2v) is 8.67. The third-order valence-electron chi connectivity index (χ3n) is 4.23. The number of rotatable bonds is 1. The van der Waals surface area contributed by atoms with Crippen molar-refractivity contribution >= 4 is 37.4 Å². The van der Waals surface area contributed by atoms with Gasteiger partial charge in [-0.05, 0) is 0 Å². The molecule has 13 heteroatoms. The molecule has 146 valence electrons. The quantitative estimate of drug-likeness (QED) is 0.617. The number of nitrogen functional groups attached to an aromatic ring is 1. The fourth-order valence-corrected chi connectivity index (χ4v) is 3.39. The zero-order valence-corrected chi connectivity index (χ0v) is 16.2. The second kappa shape index (κ2) is 6.85. The van der Waals surface area contributed by atoms with Crippen LogP contribution in [0.15, 0.2) is 17.2 Å². The number of likely N-dealkylation sites (N-methyl/N-ethyl adjacent to an activating group) is 2. The van der Waals surface area contributed by atoms with Crippen LogP contribution in [-0.2, 0) is 22.1 Å². The first-order valence-electron chi connectivity index (χ1n) is 7.94. The number of halogens is 1. The minimum absolute atomic E-state index is 0.00884. The first-order valence-corrected chi connectivity index (χ1v) is 10.3. The normalized spacial score (nSPS) is 16.6. The number of hydrogen-bond acceptors (Lipinski definition) is 7. The maximum atomic E-state index is 11.6. The number of carbonyl (C=O) groups excluding carboxylic acids is 2. The molecule has 2 aromatic heterocycles. The van der Waals surface area contributed by atoms with Crippen LogP contribution in [0.5, 0.6) is 0 Å². The summed E-state index contributed by atoms with van der Waals surface area (Å²) < 4.78 is 25.0. The van der Waals surface area contributed by atoms with E-state index in [9.17, 15) is 18.0 Å². The molecule has 0 radical (unpaired) electrons. The van der Waals surface area contributed by atoms with E-state index in [-0.39, 0.29) is 22.5 Å². The molecule has 27 heavy (non-hydrogen) atoms. The summed E-state index contributed by atoms with van der Waals surface area (Å²) in [4.78, 5) is 26.2. The fraction of sp³-hybridized carbons (Fsp3) is 0.429. The first kappa shape index (κ1) is 19.2. The second-order valence-electron chi connectivity index (χ2n) is 6.16. The van der Waals surface area contributed by atoms with Crippen LogP contribution in [0.25, 0.3) is 0 Å². The highest BCUT2D eigenvalue weighted by Crippen LogP contribution is 2.18. The Morgan fingerprint density at radius 3 is 1.93 bits per heavy atom. The molecule has 0 fully saturated rings. The van der Waals surface area contributed by atoms with Gasteiger partial charge in [0.15, 0.2) is 5.03 Å². The fourth-order valence-electron chi connectivity index (χ4n) is 2.72. The van der Waals surface area contributed by atoms with Crippen LogP contribution in [-0.4, -0.2) is 76.8 Å². The van der Waals surface area contributed by atoms with Crippen molar-refractivity contribution in [1.82, 2.24) is 29.4 Å². The zero-order valence-electron chi connectivity index (χ0n) is 14.7. The monoisotopic (exact) mass is 415 g/mol. The number of amides is 2. The topological polar surface area (TPSA) is 136 Å². The summed E-state index contributed by atoms with van der Waals surface area (Å²) in [7, 11) is 4.68. The van der Waals surface area contributed by atoms with Crippen molar-refractivity contribution in [3.63, 3.8) is 0 Å². The van der Waals surface area contributed by atoms with E-state index in [4.69, 9.17) is 16.4 Å². The van der Waals surface area contributed by atoms with Crippen LogP contribution in [0, 0.1) is 0 Å². The van der Waals surface area contributed by atoms with E-state index in [1.807, 2.05) is 0 Å². The van der Waals surface area contributed by atoms with Gasteiger partial charge >= 0.3 is 0 Å². The van der Waals surface area contributed by atoms with Crippen LogP contribution in [0.3, 0.4) is 0 Å². The molecule has 0 saturated carbocycles. The van der Waals surface area contributed by atoms with Gasteiger partial charge in [-0.1, -0.05) is 0 Å². The molecule has 0 bridgehead atoms. The predicted molar refractivity (Wildman–Crippen MR) is 95.8 cm³/mol. The molecule has 2 aliphatic heterocycles. The van der Waals surface area contributed by atoms with Gasteiger partial charge in [0.05, 0.1) is 13.1 Å². The summed E-state index contributed by atoms with van der Waals surface area (Å²) in [6, 6.07) is 2.80. The number of aromatic nitrogens is 4. The van der Waals surface area contributed by atoms with Crippen LogP contribution >= 0.6 is 10.7 Å². The lowest BCUT2D eigenvalue weighted by Crippen LogP contribution is -2.37. The van der Waals surface area contributed by atoms with Crippen molar-refractivity contribution in [3.8, 4) is 0 Å². The minimum Gasteiger partial charge on any atom is -0.382 e. The van der Waals surface area contributed by atoms with E-state index in [1.165, 1.54) is 15.6 Å². The standard InChI is InChI=1S/C7H8ClN3O3S.C7H10N4O/c1-10-2-3-11-5(7(10)12)4-6(9-11)15(8,13)14;1-10-2-3-11-5(7(10)12)4-6(8)9-11/h4H,2-3H2,1H3;4H,2-3H2,1H3,(H2,8,9). The number of nitrogens with zero attached hydrogens (tertiary/aromatic N) is 6. The van der Waals surface area contributed by atoms with Crippen LogP contribution < -0.4 is 5.73 Å². The number of carbonyl (C=O) groups is 2. The van der Waals surface area contributed by atoms with Gasteiger partial charge in [-0.3, -0.25) is 19.0 Å². The van der Waals surface area contributed by atoms with Crippen molar-refractivity contribution in [3.05, 3.63) is 23.5 Å². The molecule has 2 N–H and O–H groups in total. The smallest absolute Gasteiger partial charge is 0.280 e. The summed E-state index contributed by atoms with van der Waals surface area (Å²) >= 11 is 0. The summed E-state index contributed by atoms with van der Waals surface area (Å²) in [6.45, 7) is 2.42. The zero-order chi connectivity index (χ0) is 19.9. The van der Waals surface area contributed by atoms with Gasteiger partial charge < -0.3 is 15.5 Å². The summed E-state index contributed by atoms with van der Waals surface area (Å²) in [5, 5.41) is 7.46. The van der Waals surface area contributed by atoms with Gasteiger partial charge in [-0.25, -0.2) is 8.42 Å². The van der Waals surface area contributed by atoms with E-state index in [1.54, 1.807) is 29.7 Å². The van der Waals surface area contributed by atoms with Crippen molar-refractivity contribution < 1.29 is 18.0 Å². The highest BCUT2D eigenvalue weighted by Gasteiger charge is 2.27. The molecular formula is C14H18ClN7O4S. The molecule has 4 rings (SSSR count). The van der Waals surface area contributed by atoms with Gasteiger partial charge in [-0.2, -0.15) is 10.2 Å². The molecule has 2 aliphatic rings. The summed E-state index contributed by atoms with van der Waals surface area (Å²) in [5.41, 5.74) is 6.30. The molecular weight excluding hydrogens is 398 g/mol. The summed E-state index contributed by atoms with van der Waals surface area (Å²) in [5.74, 6) is 0.152. The Morgan fingerprint density at radius 2 is 1.41 bits per heavy atom. The average Bonchev–Trinajstić information content (AvgIpc) is 3.19. The van der Waals surface area contributed by atoms with Gasteiger partial charge in [0.1, 0.15) is 17.2 Å². The van der Waals surface area contributed by atoms with Crippen molar-refractivity contribution in [2.45, 2.75) is 18.1 Å². The Kier molecular flexibility index (Phi) is 4.86. The Balaban J connectivity index is 0.000000159. The number of hydrogen-bond donors (Lipinski definition) is 1. The van der Waals surface area contributed by atoms with E-state index in [0.717, 1.165) is 6.54 Å². The number of nitrogens with two attached hydrogens (primary N) is 1. The largest absolute Gasteiger partial charge is 0.382 e. The first-order chi connectivity index (χ1) is 12.6. The highest BCUT2D eigenvalue weighted by molar-refractivity contribution is 8.13. The highest BCUT2D eigenvalue weighted by atomic mass is 35.7. The van der Waals surface area contributed by atoms with E-state index in [0.29, 0.717) is 31.1 Å². The molecule has 4 heterocycles. The molecule has 11 nitrogen and oxygen atoms in total. The molecule has 0 atom stereocenters. The van der Waals surface area contributed by atoms with Crippen LogP contribution in [0.1, 0.15) is 21.0 Å². The molecule has 2 amide bonds. The van der Waals surface area contributed by atoms with Crippen molar-refractivity contribution in [1.29, 1.82) is 0 Å². The Labute approximate surface area is 159 Å². The Bertz CT molecular complexity index is 1010. The molecule has 2 aromatic rings. The Hall–Kier alpha value is -2.60. The number of anilines is 1. The van der Waals surface area contributed by atoms with Crippen LogP contribution in [0.2, 0.25) is 0 Å². The van der Waals surface area contributed by atoms with Gasteiger partial charge in [0.25, 0.3) is 20.9 Å². The lowest BCUT2D eigenvalue weighted by atomic mass is 10.3. The van der Waals surface area contributed by atoms with E-state index in [2.05, 4.69) is 10.2 Å². The maximum absolute atomic E-state index is 11.6. The third kappa shape index (κ3) is 3.76. The Morgan fingerprint density at radius 1 is 0.926 bits per heavy atom. The molecule has 0 aromatic carbocycles. The molecule has 0 spiro atoms.